The van der Waals surface area contributed by atoms with Crippen LogP contribution in [0.15, 0.2) is 30.5 Å². The van der Waals surface area contributed by atoms with E-state index >= 15 is 0 Å². The predicted octanol–water partition coefficient (Wildman–Crippen LogP) is 0.600. The molecule has 1 amide bonds. The van der Waals surface area contributed by atoms with Crippen LogP contribution in [0.2, 0.25) is 0 Å². The second-order valence-electron chi connectivity index (χ2n) is 4.36. The van der Waals surface area contributed by atoms with Gasteiger partial charge in [-0.05, 0) is 25.1 Å². The Balaban J connectivity index is 2.27. The van der Waals surface area contributed by atoms with Crippen molar-refractivity contribution in [2.75, 3.05) is 5.32 Å². The average Bonchev–Trinajstić information content (AvgIpc) is 2.43. The third kappa shape index (κ3) is 3.42. The first kappa shape index (κ1) is 15.1. The molecule has 2 aromatic rings. The molecule has 0 aliphatic heterocycles. The summed E-state index contributed by atoms with van der Waals surface area (Å²) in [6, 6.07) is 4.22. The van der Waals surface area contributed by atoms with Crippen LogP contribution in [0.5, 0.6) is 0 Å². The summed E-state index contributed by atoms with van der Waals surface area (Å²) in [5.74, 6) is -2.72. The van der Waals surface area contributed by atoms with Crippen LogP contribution in [-0.2, 0) is 0 Å². The second-order valence-corrected chi connectivity index (χ2v) is 4.36. The average molecular weight is 292 g/mol. The number of aromatic nitrogens is 1. The van der Waals surface area contributed by atoms with Crippen molar-refractivity contribution in [1.29, 1.82) is 0 Å². The van der Waals surface area contributed by atoms with Gasteiger partial charge in [-0.3, -0.25) is 9.78 Å². The molecule has 0 radical (unpaired) electrons. The molecule has 2 rings (SSSR count). The van der Waals surface area contributed by atoms with Gasteiger partial charge in [0.25, 0.3) is 5.91 Å². The maximum Gasteiger partial charge on any atom is 0.490 e. The van der Waals surface area contributed by atoms with Crippen LogP contribution in [-0.4, -0.2) is 28.1 Å². The van der Waals surface area contributed by atoms with Gasteiger partial charge in [0.1, 0.15) is 0 Å². The molecule has 0 fully saturated rings. The summed E-state index contributed by atoms with van der Waals surface area (Å²) < 4.78 is 25.9. The molecule has 0 saturated carbocycles. The third-order valence-corrected chi connectivity index (χ3v) is 2.83. The zero-order valence-electron chi connectivity index (χ0n) is 11.0. The van der Waals surface area contributed by atoms with Crippen LogP contribution in [0.3, 0.4) is 0 Å². The molecule has 21 heavy (non-hydrogen) atoms. The fourth-order valence-electron chi connectivity index (χ4n) is 1.69. The molecule has 8 heteroatoms. The maximum absolute atomic E-state index is 13.1. The Kier molecular flexibility index (Phi) is 4.30. The van der Waals surface area contributed by atoms with E-state index in [4.69, 9.17) is 10.0 Å². The fraction of sp³-hybridized carbons (Fsp3) is 0.0769. The zero-order chi connectivity index (χ0) is 15.6. The van der Waals surface area contributed by atoms with Crippen molar-refractivity contribution >= 4 is 24.2 Å². The van der Waals surface area contributed by atoms with E-state index in [1.54, 1.807) is 6.92 Å². The maximum atomic E-state index is 13.1. The molecule has 108 valence electrons. The van der Waals surface area contributed by atoms with Gasteiger partial charge in [0.2, 0.25) is 0 Å². The zero-order valence-corrected chi connectivity index (χ0v) is 11.0. The monoisotopic (exact) mass is 292 g/mol. The SMILES string of the molecule is Cc1ncc(B(O)O)cc1C(=O)Nc1ccc(F)c(F)c1. The summed E-state index contributed by atoms with van der Waals surface area (Å²) in [5.41, 5.74) is 0.592. The van der Waals surface area contributed by atoms with Crippen LogP contribution in [0.25, 0.3) is 0 Å². The molecule has 0 bridgehead atoms. The number of carbonyl (C=O) groups excluding carboxylic acids is 1. The predicted molar refractivity (Wildman–Crippen MR) is 73.1 cm³/mol. The summed E-state index contributed by atoms with van der Waals surface area (Å²) in [7, 11) is -1.76. The van der Waals surface area contributed by atoms with Crippen LogP contribution in [0, 0.1) is 18.6 Å². The molecule has 1 aromatic carbocycles. The molecular weight excluding hydrogens is 281 g/mol. The smallest absolute Gasteiger partial charge is 0.423 e. The molecule has 1 heterocycles. The van der Waals surface area contributed by atoms with Crippen molar-refractivity contribution < 1.29 is 23.6 Å². The van der Waals surface area contributed by atoms with E-state index in [0.29, 0.717) is 5.69 Å². The van der Waals surface area contributed by atoms with E-state index in [2.05, 4.69) is 10.3 Å². The number of rotatable bonds is 3. The molecule has 0 spiro atoms. The molecule has 0 unspecified atom stereocenters. The van der Waals surface area contributed by atoms with Crippen molar-refractivity contribution in [3.05, 3.63) is 53.4 Å². The molecule has 1 aromatic heterocycles. The lowest BCUT2D eigenvalue weighted by atomic mass is 9.80. The molecule has 5 nitrogen and oxygen atoms in total. The van der Waals surface area contributed by atoms with E-state index < -0.39 is 24.7 Å². The number of hydrogen-bond donors (Lipinski definition) is 3. The molecular formula is C13H11BF2N2O3. The number of amides is 1. The third-order valence-electron chi connectivity index (χ3n) is 2.83. The highest BCUT2D eigenvalue weighted by molar-refractivity contribution is 6.58. The van der Waals surface area contributed by atoms with Gasteiger partial charge in [-0.2, -0.15) is 0 Å². The standard InChI is InChI=1S/C13H11BF2N2O3/c1-7-10(4-8(6-17-7)14(20)21)13(19)18-9-2-3-11(15)12(16)5-9/h2-6,20-21H,1H3,(H,18,19). The van der Waals surface area contributed by atoms with Crippen LogP contribution < -0.4 is 10.8 Å². The fourth-order valence-corrected chi connectivity index (χ4v) is 1.69. The van der Waals surface area contributed by atoms with E-state index in [1.165, 1.54) is 18.3 Å². The topological polar surface area (TPSA) is 82.5 Å². The van der Waals surface area contributed by atoms with Crippen molar-refractivity contribution in [3.63, 3.8) is 0 Å². The Labute approximate surface area is 119 Å². The number of aryl methyl sites for hydroxylation is 1. The highest BCUT2D eigenvalue weighted by Gasteiger charge is 2.17. The van der Waals surface area contributed by atoms with E-state index in [9.17, 15) is 13.6 Å². The lowest BCUT2D eigenvalue weighted by Crippen LogP contribution is -2.32. The number of nitrogens with zero attached hydrogens (tertiary/aromatic N) is 1. The molecule has 3 N–H and O–H groups in total. The number of anilines is 1. The van der Waals surface area contributed by atoms with E-state index in [-0.39, 0.29) is 16.7 Å². The Morgan fingerprint density at radius 3 is 2.57 bits per heavy atom. The van der Waals surface area contributed by atoms with Gasteiger partial charge in [0.05, 0.1) is 5.56 Å². The van der Waals surface area contributed by atoms with Gasteiger partial charge < -0.3 is 15.4 Å². The number of nitrogens with one attached hydrogen (secondary N) is 1. The summed E-state index contributed by atoms with van der Waals surface area (Å²) in [5, 5.41) is 20.5. The molecule has 0 aliphatic carbocycles. The summed E-state index contributed by atoms with van der Waals surface area (Å²) in [6.07, 6.45) is 1.23. The lowest BCUT2D eigenvalue weighted by Gasteiger charge is -2.09. The minimum atomic E-state index is -1.76. The van der Waals surface area contributed by atoms with E-state index in [0.717, 1.165) is 12.1 Å². The van der Waals surface area contributed by atoms with Crippen molar-refractivity contribution in [1.82, 2.24) is 4.98 Å². The van der Waals surface area contributed by atoms with Crippen molar-refractivity contribution in [3.8, 4) is 0 Å². The highest BCUT2D eigenvalue weighted by atomic mass is 19.2. The first-order valence-electron chi connectivity index (χ1n) is 5.97. The Morgan fingerprint density at radius 2 is 1.95 bits per heavy atom. The first-order chi connectivity index (χ1) is 9.88. The highest BCUT2D eigenvalue weighted by Crippen LogP contribution is 2.14. The lowest BCUT2D eigenvalue weighted by molar-refractivity contribution is 0.102. The Bertz CT molecular complexity index is 695. The molecule has 0 atom stereocenters. The number of benzene rings is 1. The summed E-state index contributed by atoms with van der Waals surface area (Å²) >= 11 is 0. The minimum absolute atomic E-state index is 0.0519. The van der Waals surface area contributed by atoms with Gasteiger partial charge in [0.15, 0.2) is 11.6 Å². The second kappa shape index (κ2) is 5.98. The number of halogens is 2. The van der Waals surface area contributed by atoms with Crippen LogP contribution >= 0.6 is 0 Å². The van der Waals surface area contributed by atoms with Crippen LogP contribution in [0.4, 0.5) is 14.5 Å². The van der Waals surface area contributed by atoms with Crippen LogP contribution in [0.1, 0.15) is 16.1 Å². The Morgan fingerprint density at radius 1 is 1.24 bits per heavy atom. The van der Waals surface area contributed by atoms with Gasteiger partial charge in [-0.15, -0.1) is 0 Å². The molecule has 0 saturated heterocycles. The number of hydrogen-bond acceptors (Lipinski definition) is 4. The van der Waals surface area contributed by atoms with Crippen molar-refractivity contribution in [2.45, 2.75) is 6.92 Å². The minimum Gasteiger partial charge on any atom is -0.423 e. The first-order valence-corrected chi connectivity index (χ1v) is 5.97. The van der Waals surface area contributed by atoms with Gasteiger partial charge in [-0.1, -0.05) is 0 Å². The van der Waals surface area contributed by atoms with Crippen molar-refractivity contribution in [2.24, 2.45) is 0 Å². The summed E-state index contributed by atoms with van der Waals surface area (Å²) in [6.45, 7) is 1.56. The number of pyridine rings is 1. The number of carbonyl (C=O) groups is 1. The van der Waals surface area contributed by atoms with E-state index in [1.807, 2.05) is 0 Å². The largest absolute Gasteiger partial charge is 0.490 e. The molecule has 0 aliphatic rings. The van der Waals surface area contributed by atoms with Gasteiger partial charge in [0, 0.05) is 29.1 Å². The van der Waals surface area contributed by atoms with Gasteiger partial charge in [-0.25, -0.2) is 8.78 Å². The summed E-state index contributed by atoms with van der Waals surface area (Å²) in [4.78, 5) is 16.0. The Hall–Kier alpha value is -2.32. The van der Waals surface area contributed by atoms with Gasteiger partial charge >= 0.3 is 7.12 Å². The quantitative estimate of drug-likeness (QED) is 0.724. The normalized spacial score (nSPS) is 10.3.